The first-order chi connectivity index (χ1) is 47.7. The zero-order valence-corrected chi connectivity index (χ0v) is 67.6. The minimum atomic E-state index is -1.58. The van der Waals surface area contributed by atoms with E-state index in [9.17, 15) is 9.59 Å². The number of carbonyl (C=O) groups excluding carboxylic acids is 10. The number of aliphatic imine (C=N–C) groups is 2. The van der Waals surface area contributed by atoms with E-state index in [4.69, 9.17) is 14.7 Å². The molecule has 2 aromatic carbocycles. The van der Waals surface area contributed by atoms with Crippen LogP contribution in [0.25, 0.3) is 0 Å². The molecule has 570 valence electrons. The van der Waals surface area contributed by atoms with Gasteiger partial charge in [0, 0.05) is 67.8 Å². The highest BCUT2D eigenvalue weighted by atomic mass is 32.2. The summed E-state index contributed by atoms with van der Waals surface area (Å²) in [6.07, 6.45) is 3.76. The predicted molar refractivity (Wildman–Crippen MR) is 412 cm³/mol. The van der Waals surface area contributed by atoms with Crippen molar-refractivity contribution in [2.45, 2.75) is 241 Å². The van der Waals surface area contributed by atoms with E-state index in [1.165, 1.54) is 88.0 Å². The Kier molecular flexibility index (Phi) is 37.3. The van der Waals surface area contributed by atoms with Crippen molar-refractivity contribution in [2.75, 3.05) is 55.9 Å². The lowest BCUT2D eigenvalue weighted by Crippen LogP contribution is -2.64. The number of esters is 1. The number of nitrogens with one attached hydrogen (secondary N) is 2. The molecule has 3 rings (SSSR count). The summed E-state index contributed by atoms with van der Waals surface area (Å²) in [5, 5.41) is 6.99. The van der Waals surface area contributed by atoms with Crippen molar-refractivity contribution in [3.05, 3.63) is 83.9 Å². The molecular formula is C78H125N11O11S2. The van der Waals surface area contributed by atoms with Crippen LogP contribution in [-0.2, 0) is 64.2 Å². The summed E-state index contributed by atoms with van der Waals surface area (Å²) in [6, 6.07) is 8.44. The van der Waals surface area contributed by atoms with Gasteiger partial charge in [0.25, 0.3) is 0 Å². The molecule has 0 unspecified atom stereocenters. The first-order valence-corrected chi connectivity index (χ1v) is 38.4. The quantitative estimate of drug-likeness (QED) is 0.0926. The smallest absolute Gasteiger partial charge is 0.303 e. The van der Waals surface area contributed by atoms with Gasteiger partial charge in [-0.05, 0) is 112 Å². The second-order valence-corrected chi connectivity index (χ2v) is 32.1. The number of thioether (sulfide) groups is 2. The van der Waals surface area contributed by atoms with E-state index in [-0.39, 0.29) is 49.4 Å². The van der Waals surface area contributed by atoms with Crippen molar-refractivity contribution < 1.29 is 52.7 Å². The first kappa shape index (κ1) is 89.1. The van der Waals surface area contributed by atoms with Crippen molar-refractivity contribution >= 4 is 92.7 Å². The zero-order valence-electron chi connectivity index (χ0n) is 66.0. The number of hydrogen-bond acceptors (Lipinski definition) is 15. The van der Waals surface area contributed by atoms with Crippen molar-refractivity contribution in [3.63, 3.8) is 0 Å². The second kappa shape index (κ2) is 42.6. The number of allylic oxidation sites excluding steroid dienone is 2. The Morgan fingerprint density at radius 3 is 1.44 bits per heavy atom. The summed E-state index contributed by atoms with van der Waals surface area (Å²) in [6.45, 7) is 32.5. The number of ether oxygens (including phenoxy) is 1. The van der Waals surface area contributed by atoms with Crippen molar-refractivity contribution in [1.82, 2.24) is 44.9 Å². The Bertz CT molecular complexity index is 3180. The molecule has 9 amide bonds. The number of likely N-dealkylation sites (N-methyl/N-ethyl adjacent to an activating group) is 7. The maximum atomic E-state index is 15.6. The van der Waals surface area contributed by atoms with Crippen LogP contribution in [0.3, 0.4) is 0 Å². The fourth-order valence-electron chi connectivity index (χ4n) is 12.7. The van der Waals surface area contributed by atoms with Crippen LogP contribution >= 0.6 is 23.5 Å². The lowest BCUT2D eigenvalue weighted by molar-refractivity contribution is -0.164. The van der Waals surface area contributed by atoms with Crippen LogP contribution in [0.1, 0.15) is 174 Å². The lowest BCUT2D eigenvalue weighted by atomic mass is 9.91. The standard InChI is InChI=1S/C78H125N11O11S2/c1-26-28-35-53(15)68(100-56(18)90)67-70(93)81-59(27-2)74(95)83(19)44-64(91)84(20)61(41-48(5)6)72(102-46-58-38-33-30-34-39-58)82-65(51(11)12)77(98)85(21)60(40-47(3)4)69(92)79-54(16)71(101-45-57-36-31-29-32-37-57)80-55(17)73(94)86(22)62(42-49(7)8)75(96)87(23)63(43-50(9)10)76(97)88(24)66(52(13)14)78(99)89(67)25/h26,28-34,36-39,47-55,59-63,65-68H,27,35,40-46H2,1-25H3,(H,79,92)(H,81,93)/b28-26+,80-71?,82-72?/t53-,54+,55-,59+,60+,61+,62+,63+,65+,66+,67+,68-/m1/s1. The summed E-state index contributed by atoms with van der Waals surface area (Å²) in [5.41, 5.74) is 1.93. The monoisotopic (exact) mass is 1460 g/mol. The molecule has 0 fully saturated rings. The molecule has 2 N–H and O–H groups in total. The second-order valence-electron chi connectivity index (χ2n) is 30.1. The van der Waals surface area contributed by atoms with Gasteiger partial charge in [0.1, 0.15) is 54.4 Å². The Morgan fingerprint density at radius 1 is 0.529 bits per heavy atom. The molecule has 0 spiro atoms. The highest BCUT2D eigenvalue weighted by Gasteiger charge is 2.47. The van der Waals surface area contributed by atoms with Gasteiger partial charge in [0.2, 0.25) is 53.2 Å². The minimum Gasteiger partial charge on any atom is -0.459 e. The van der Waals surface area contributed by atoms with Gasteiger partial charge < -0.3 is 49.7 Å². The minimum absolute atomic E-state index is 0.00735. The van der Waals surface area contributed by atoms with Gasteiger partial charge in [-0.25, -0.2) is 0 Å². The van der Waals surface area contributed by atoms with Crippen molar-refractivity contribution in [3.8, 4) is 0 Å². The lowest BCUT2D eigenvalue weighted by Gasteiger charge is -2.42. The highest BCUT2D eigenvalue weighted by Crippen LogP contribution is 2.30. The third-order valence-electron chi connectivity index (χ3n) is 18.6. The molecule has 24 heteroatoms. The normalized spacial score (nSPS) is 24.3. The van der Waals surface area contributed by atoms with E-state index in [0.29, 0.717) is 34.4 Å². The number of amides is 9. The van der Waals surface area contributed by atoms with Crippen LogP contribution in [0, 0.1) is 41.4 Å². The van der Waals surface area contributed by atoms with Gasteiger partial charge in [0.15, 0.2) is 0 Å². The molecule has 1 heterocycles. The Labute approximate surface area is 619 Å². The SMILES string of the molecule is C/C=C/C[C@@H](C)[C@@H](OC(C)=O)[C@H]1C(=O)N[C@@H](CC)C(=O)N(C)CC(=O)N(C)[C@@H](CC(C)C)C(SCc2ccccc2)=N[C@@H](C(C)C)C(=O)N(C)[C@@H](CC(C)C)C(=O)N[C@@H](C)C(SCc2ccccc2)=N[C@H](C)C(=O)N(C)[C@@H](CC(C)C)C(=O)N(C)[C@@H](CC(C)C)C(=O)N(C)[C@@H](C(C)C)C(=O)N1C. The van der Waals surface area contributed by atoms with Gasteiger partial charge in [-0.1, -0.05) is 170 Å². The van der Waals surface area contributed by atoms with Gasteiger partial charge >= 0.3 is 5.97 Å². The fraction of sp³-hybridized carbons (Fsp3) is 0.667. The molecule has 0 saturated heterocycles. The molecule has 102 heavy (non-hydrogen) atoms. The largest absolute Gasteiger partial charge is 0.459 e. The van der Waals surface area contributed by atoms with Crippen molar-refractivity contribution in [2.24, 2.45) is 51.4 Å². The molecule has 1 aliphatic rings. The molecule has 2 aromatic rings. The van der Waals surface area contributed by atoms with E-state index in [0.717, 1.165) is 11.1 Å². The average Bonchev–Trinajstić information content (AvgIpc) is 0.652. The summed E-state index contributed by atoms with van der Waals surface area (Å²) in [5.74, 6) is -6.93. The van der Waals surface area contributed by atoms with Crippen LogP contribution in [0.4, 0.5) is 0 Å². The van der Waals surface area contributed by atoms with E-state index < -0.39 is 150 Å². The predicted octanol–water partition coefficient (Wildman–Crippen LogP) is 10.3. The van der Waals surface area contributed by atoms with E-state index >= 15 is 38.4 Å². The van der Waals surface area contributed by atoms with Crippen LogP contribution in [0.2, 0.25) is 0 Å². The summed E-state index contributed by atoms with van der Waals surface area (Å²) < 4.78 is 6.03. The fourth-order valence-corrected chi connectivity index (χ4v) is 14.8. The molecule has 1 aliphatic heterocycles. The first-order valence-electron chi connectivity index (χ1n) is 36.4. The summed E-state index contributed by atoms with van der Waals surface area (Å²) in [7, 11) is 10.7. The highest BCUT2D eigenvalue weighted by molar-refractivity contribution is 8.13. The van der Waals surface area contributed by atoms with Gasteiger partial charge in [0.05, 0.1) is 28.7 Å². The molecule has 22 nitrogen and oxygen atoms in total. The van der Waals surface area contributed by atoms with Crippen molar-refractivity contribution in [1.29, 1.82) is 0 Å². The van der Waals surface area contributed by atoms with E-state index in [1.54, 1.807) is 67.6 Å². The number of nitrogens with zero attached hydrogens (tertiary/aromatic N) is 9. The maximum absolute atomic E-state index is 15.6. The molecular weight excluding hydrogens is 1330 g/mol. The molecule has 0 radical (unpaired) electrons. The van der Waals surface area contributed by atoms with Crippen LogP contribution in [0.5, 0.6) is 0 Å². The molecule has 12 atom stereocenters. The molecule has 0 aliphatic carbocycles. The molecule has 0 aromatic heterocycles. The number of benzene rings is 2. The van der Waals surface area contributed by atoms with Gasteiger partial charge in [-0.3, -0.25) is 57.9 Å². The Balaban J connectivity index is 2.54. The molecule has 0 saturated carbocycles. The zero-order chi connectivity index (χ0) is 77.3. The number of hydrogen-bond donors (Lipinski definition) is 2. The van der Waals surface area contributed by atoms with Crippen LogP contribution in [0.15, 0.2) is 82.8 Å². The van der Waals surface area contributed by atoms with Gasteiger partial charge in [-0.2, -0.15) is 0 Å². The van der Waals surface area contributed by atoms with Gasteiger partial charge in [-0.15, -0.1) is 23.5 Å². The van der Waals surface area contributed by atoms with Crippen LogP contribution in [-0.4, -0.2) is 226 Å². The van der Waals surface area contributed by atoms with Crippen LogP contribution < -0.4 is 10.6 Å². The van der Waals surface area contributed by atoms with E-state index in [2.05, 4.69) is 10.6 Å². The number of carbonyl (C=O) groups is 10. The summed E-state index contributed by atoms with van der Waals surface area (Å²) in [4.78, 5) is 171. The van der Waals surface area contributed by atoms with E-state index in [1.807, 2.05) is 149 Å². The Hall–Kier alpha value is -7.08. The Morgan fingerprint density at radius 2 is 0.980 bits per heavy atom. The maximum Gasteiger partial charge on any atom is 0.303 e. The topological polar surface area (TPSA) is 251 Å². The summed E-state index contributed by atoms with van der Waals surface area (Å²) >= 11 is 2.76. The number of rotatable bonds is 20. The molecule has 0 bridgehead atoms. The average molecular weight is 1460 g/mol. The third kappa shape index (κ3) is 26.3. The third-order valence-corrected chi connectivity index (χ3v) is 21.0.